The van der Waals surface area contributed by atoms with Crippen molar-refractivity contribution in [3.63, 3.8) is 0 Å². The van der Waals surface area contributed by atoms with Gasteiger partial charge in [-0.2, -0.15) is 18.2 Å². The van der Waals surface area contributed by atoms with Crippen LogP contribution in [-0.4, -0.2) is 54.5 Å². The van der Waals surface area contributed by atoms with E-state index >= 15 is 0 Å². The average Bonchev–Trinajstić information content (AvgIpc) is 3.57. The summed E-state index contributed by atoms with van der Waals surface area (Å²) in [6.07, 6.45) is 3.75. The Kier molecular flexibility index (Phi) is 6.78. The van der Waals surface area contributed by atoms with Crippen molar-refractivity contribution in [3.05, 3.63) is 10.6 Å². The third-order valence-corrected chi connectivity index (χ3v) is 8.92. The first kappa shape index (κ1) is 26.1. The predicted molar refractivity (Wildman–Crippen MR) is 139 cm³/mol. The van der Waals surface area contributed by atoms with Crippen LogP contribution in [0.2, 0.25) is 0 Å². The number of alkyl halides is 3. The van der Waals surface area contributed by atoms with Gasteiger partial charge in [-0.1, -0.05) is 31.3 Å². The number of anilines is 2. The largest absolute Gasteiger partial charge is 0.439 e. The first-order chi connectivity index (χ1) is 18.7. The summed E-state index contributed by atoms with van der Waals surface area (Å²) in [5, 5.41) is 7.27. The Hall–Kier alpha value is -3.12. The lowest BCUT2D eigenvalue weighted by molar-refractivity contribution is -0.146. The molecule has 2 atom stereocenters. The van der Waals surface area contributed by atoms with Crippen molar-refractivity contribution in [1.82, 2.24) is 29.7 Å². The van der Waals surface area contributed by atoms with Gasteiger partial charge in [-0.05, 0) is 63.2 Å². The summed E-state index contributed by atoms with van der Waals surface area (Å²) in [7, 11) is 0. The number of aromatic nitrogens is 6. The van der Waals surface area contributed by atoms with Crippen molar-refractivity contribution >= 4 is 22.9 Å². The lowest BCUT2D eigenvalue weighted by atomic mass is 9.80. The smallest absolute Gasteiger partial charge is 0.365 e. The molecule has 212 valence electrons. The topological polar surface area (TPSA) is 118 Å². The summed E-state index contributed by atoms with van der Waals surface area (Å²) in [6, 6.07) is -1.50. The molecular formula is C26H35F3N8O2. The Morgan fingerprint density at radius 2 is 1.85 bits per heavy atom. The van der Waals surface area contributed by atoms with Gasteiger partial charge in [-0.15, -0.1) is 0 Å². The van der Waals surface area contributed by atoms with Crippen molar-refractivity contribution < 1.29 is 17.7 Å². The molecule has 0 amide bonds. The van der Waals surface area contributed by atoms with Crippen LogP contribution in [0, 0.1) is 17.8 Å². The summed E-state index contributed by atoms with van der Waals surface area (Å²) < 4.78 is 48.9. The van der Waals surface area contributed by atoms with E-state index in [0.717, 1.165) is 38.5 Å². The molecule has 13 heteroatoms. The van der Waals surface area contributed by atoms with E-state index in [4.69, 9.17) is 9.97 Å². The molecular weight excluding hydrogens is 513 g/mol. The highest BCUT2D eigenvalue weighted by Gasteiger charge is 2.47. The molecule has 2 aliphatic carbocycles. The Bertz CT molecular complexity index is 1370. The van der Waals surface area contributed by atoms with E-state index in [1.54, 1.807) is 0 Å². The third kappa shape index (κ3) is 5.11. The van der Waals surface area contributed by atoms with Crippen LogP contribution in [0.15, 0.2) is 9.32 Å². The normalized spacial score (nSPS) is 25.3. The van der Waals surface area contributed by atoms with E-state index in [1.165, 1.54) is 11.3 Å². The maximum absolute atomic E-state index is 14.1. The molecule has 1 saturated heterocycles. The monoisotopic (exact) mass is 548 g/mol. The molecule has 2 saturated carbocycles. The molecule has 3 fully saturated rings. The molecule has 39 heavy (non-hydrogen) atoms. The molecule has 0 spiro atoms. The highest BCUT2D eigenvalue weighted by atomic mass is 19.4. The fourth-order valence-corrected chi connectivity index (χ4v) is 6.34. The fraction of sp³-hybridized carbons (Fsp3) is 0.731. The lowest BCUT2D eigenvalue weighted by Gasteiger charge is -2.33. The quantitative estimate of drug-likeness (QED) is 0.417. The van der Waals surface area contributed by atoms with E-state index in [0.29, 0.717) is 42.1 Å². The van der Waals surface area contributed by atoms with Gasteiger partial charge in [-0.3, -0.25) is 9.51 Å². The summed E-state index contributed by atoms with van der Waals surface area (Å²) in [6.45, 7) is 5.17. The Morgan fingerprint density at radius 3 is 2.49 bits per heavy atom. The van der Waals surface area contributed by atoms with Gasteiger partial charge < -0.3 is 14.8 Å². The molecule has 4 heterocycles. The number of halogens is 3. The minimum absolute atomic E-state index is 0.0363. The third-order valence-electron chi connectivity index (χ3n) is 8.92. The minimum Gasteiger partial charge on any atom is -0.365 e. The van der Waals surface area contributed by atoms with E-state index in [2.05, 4.69) is 38.8 Å². The van der Waals surface area contributed by atoms with Crippen LogP contribution in [0.3, 0.4) is 0 Å². The SMILES string of the molecule is CC1CCC(Cn2c(N3CCC[C@H]3C(F)(F)F)nc3nc(-c4noc(=O)[nH]4)nc(N[C@H](C)C4CCC4)c32)CC1. The van der Waals surface area contributed by atoms with Gasteiger partial charge in [0.1, 0.15) is 11.6 Å². The molecule has 1 aliphatic heterocycles. The lowest BCUT2D eigenvalue weighted by Crippen LogP contribution is -2.42. The molecule has 0 bridgehead atoms. The van der Waals surface area contributed by atoms with Gasteiger partial charge in [-0.25, -0.2) is 14.8 Å². The van der Waals surface area contributed by atoms with Gasteiger partial charge in [0.25, 0.3) is 0 Å². The number of fused-ring (bicyclic) bond motifs is 1. The van der Waals surface area contributed by atoms with Crippen LogP contribution in [-0.2, 0) is 6.54 Å². The van der Waals surface area contributed by atoms with Crippen molar-refractivity contribution in [2.45, 2.75) is 96.4 Å². The molecule has 0 aromatic carbocycles. The van der Waals surface area contributed by atoms with E-state index in [-0.39, 0.29) is 42.3 Å². The number of hydrogen-bond donors (Lipinski definition) is 2. The Labute approximate surface area is 223 Å². The van der Waals surface area contributed by atoms with Crippen LogP contribution in [0.5, 0.6) is 0 Å². The highest BCUT2D eigenvalue weighted by Crippen LogP contribution is 2.40. The van der Waals surface area contributed by atoms with Crippen LogP contribution in [0.4, 0.5) is 24.9 Å². The molecule has 0 radical (unpaired) electrons. The molecule has 3 aliphatic rings. The molecule has 6 rings (SSSR count). The van der Waals surface area contributed by atoms with Crippen molar-refractivity contribution in [2.24, 2.45) is 17.8 Å². The van der Waals surface area contributed by atoms with Gasteiger partial charge in [0.2, 0.25) is 17.6 Å². The van der Waals surface area contributed by atoms with Crippen LogP contribution in [0.1, 0.15) is 71.6 Å². The molecule has 3 aromatic rings. The van der Waals surface area contributed by atoms with Crippen LogP contribution >= 0.6 is 0 Å². The Balaban J connectivity index is 1.50. The fourth-order valence-electron chi connectivity index (χ4n) is 6.34. The number of H-pyrrole nitrogens is 1. The van der Waals surface area contributed by atoms with Crippen molar-refractivity contribution in [3.8, 4) is 11.6 Å². The molecule has 10 nitrogen and oxygen atoms in total. The Morgan fingerprint density at radius 1 is 1.08 bits per heavy atom. The summed E-state index contributed by atoms with van der Waals surface area (Å²) in [5.41, 5.74) is 0.872. The van der Waals surface area contributed by atoms with Crippen molar-refractivity contribution in [2.75, 3.05) is 16.8 Å². The molecule has 3 aromatic heterocycles. The maximum Gasteiger partial charge on any atom is 0.439 e. The zero-order valence-corrected chi connectivity index (χ0v) is 22.3. The predicted octanol–water partition coefficient (Wildman–Crippen LogP) is 5.13. The van der Waals surface area contributed by atoms with E-state index in [9.17, 15) is 18.0 Å². The average molecular weight is 549 g/mol. The number of rotatable bonds is 7. The minimum atomic E-state index is -4.36. The number of nitrogens with one attached hydrogen (secondary N) is 2. The van der Waals surface area contributed by atoms with E-state index in [1.807, 2.05) is 4.57 Å². The van der Waals surface area contributed by atoms with Gasteiger partial charge in [0.15, 0.2) is 11.5 Å². The summed E-state index contributed by atoms with van der Waals surface area (Å²) in [4.78, 5) is 29.5. The molecule has 2 N–H and O–H groups in total. The van der Waals surface area contributed by atoms with Gasteiger partial charge >= 0.3 is 11.9 Å². The number of imidazole rings is 1. The second kappa shape index (κ2) is 10.1. The number of aromatic amines is 1. The van der Waals surface area contributed by atoms with Gasteiger partial charge in [0, 0.05) is 19.1 Å². The second-order valence-electron chi connectivity index (χ2n) is 11.7. The highest BCUT2D eigenvalue weighted by molar-refractivity contribution is 5.87. The van der Waals surface area contributed by atoms with Crippen LogP contribution < -0.4 is 16.0 Å². The molecule has 0 unspecified atom stereocenters. The standard InChI is InChI=1S/C26H35F3N8O2/c1-14-8-10-16(11-9-14)13-37-19-20(30-15(2)17-5-3-6-17)31-22(23-34-25(38)39-35-23)32-21(19)33-24(37)36-12-4-7-18(36)26(27,28)29/h14-18H,3-13H2,1-2H3,(H,30,31,32)(H,34,35,38)/t14?,15-,16?,18+/m1/s1. The summed E-state index contributed by atoms with van der Waals surface area (Å²) in [5.74, 6) is 1.65. The first-order valence-electron chi connectivity index (χ1n) is 14.1. The first-order valence-corrected chi connectivity index (χ1v) is 14.1. The van der Waals surface area contributed by atoms with Gasteiger partial charge in [0.05, 0.1) is 0 Å². The van der Waals surface area contributed by atoms with Crippen LogP contribution in [0.25, 0.3) is 22.8 Å². The summed E-state index contributed by atoms with van der Waals surface area (Å²) >= 11 is 0. The van der Waals surface area contributed by atoms with E-state index < -0.39 is 18.0 Å². The second-order valence-corrected chi connectivity index (χ2v) is 11.7. The van der Waals surface area contributed by atoms with Crippen molar-refractivity contribution in [1.29, 1.82) is 0 Å². The number of hydrogen-bond acceptors (Lipinski definition) is 8. The zero-order chi connectivity index (χ0) is 27.3. The zero-order valence-electron chi connectivity index (χ0n) is 22.3. The maximum atomic E-state index is 14.1. The number of nitrogens with zero attached hydrogens (tertiary/aromatic N) is 6.